The molecule has 2 heterocycles. The highest BCUT2D eigenvalue weighted by molar-refractivity contribution is 7.14. The molecule has 0 saturated carbocycles. The molecule has 0 unspecified atom stereocenters. The van der Waals surface area contributed by atoms with Gasteiger partial charge in [-0.05, 0) is 19.1 Å². The van der Waals surface area contributed by atoms with Crippen molar-refractivity contribution in [2.45, 2.75) is 6.92 Å². The first kappa shape index (κ1) is 19.2. The van der Waals surface area contributed by atoms with E-state index in [-0.39, 0.29) is 22.7 Å². The van der Waals surface area contributed by atoms with Crippen LogP contribution in [0.1, 0.15) is 17.3 Å². The molecule has 1 N–H and O–H groups in total. The topological polar surface area (TPSA) is 116 Å². The average molecular weight is 400 g/mol. The van der Waals surface area contributed by atoms with Crippen molar-refractivity contribution in [2.75, 3.05) is 19.0 Å². The van der Waals surface area contributed by atoms with E-state index in [1.807, 2.05) is 6.07 Å². The molecule has 1 aromatic carbocycles. The fraction of sp³-hybridized carbons (Fsp3) is 0.167. The second-order valence-corrected chi connectivity index (χ2v) is 6.28. The Morgan fingerprint density at radius 1 is 1.29 bits per heavy atom. The standard InChI is InChI=1S/C18H16N4O5S/c1-3-27-16-9-14(22(24)25)11(8-15(16)26-2)17(23)21-18-20-13(10-28-18)12-6-4-5-7-19-12/h4-10H,3H2,1-2H3,(H,20,21,23). The maximum absolute atomic E-state index is 12.7. The van der Waals surface area contributed by atoms with Gasteiger partial charge in [0.25, 0.3) is 11.6 Å². The van der Waals surface area contributed by atoms with Crippen LogP contribution < -0.4 is 14.8 Å². The summed E-state index contributed by atoms with van der Waals surface area (Å²) >= 11 is 1.19. The van der Waals surface area contributed by atoms with Crippen LogP contribution in [0, 0.1) is 10.1 Å². The second-order valence-electron chi connectivity index (χ2n) is 5.42. The van der Waals surface area contributed by atoms with E-state index in [1.165, 1.54) is 30.6 Å². The molecule has 10 heteroatoms. The fourth-order valence-corrected chi connectivity index (χ4v) is 3.14. The largest absolute Gasteiger partial charge is 0.493 e. The van der Waals surface area contributed by atoms with Crippen LogP contribution in [-0.2, 0) is 0 Å². The Hall–Kier alpha value is -3.53. The molecule has 3 aromatic rings. The zero-order valence-corrected chi connectivity index (χ0v) is 15.9. The zero-order valence-electron chi connectivity index (χ0n) is 15.0. The Morgan fingerprint density at radius 3 is 2.75 bits per heavy atom. The lowest BCUT2D eigenvalue weighted by Crippen LogP contribution is -2.14. The van der Waals surface area contributed by atoms with Crippen molar-refractivity contribution in [3.63, 3.8) is 0 Å². The quantitative estimate of drug-likeness (QED) is 0.474. The third-order valence-electron chi connectivity index (χ3n) is 3.68. The van der Waals surface area contributed by atoms with Crippen molar-refractivity contribution in [3.8, 4) is 22.9 Å². The summed E-state index contributed by atoms with van der Waals surface area (Å²) in [5.74, 6) is -0.249. The number of carbonyl (C=O) groups excluding carboxylic acids is 1. The number of carbonyl (C=O) groups is 1. The van der Waals surface area contributed by atoms with E-state index in [0.717, 1.165) is 0 Å². The summed E-state index contributed by atoms with van der Waals surface area (Å²) in [5.41, 5.74) is 0.718. The molecule has 0 bridgehead atoms. The number of hydrogen-bond donors (Lipinski definition) is 1. The minimum Gasteiger partial charge on any atom is -0.493 e. The number of aromatic nitrogens is 2. The smallest absolute Gasteiger partial charge is 0.286 e. The highest BCUT2D eigenvalue weighted by Crippen LogP contribution is 2.35. The van der Waals surface area contributed by atoms with Gasteiger partial charge in [0.05, 0.1) is 30.4 Å². The van der Waals surface area contributed by atoms with Gasteiger partial charge in [-0.3, -0.25) is 25.2 Å². The lowest BCUT2D eigenvalue weighted by atomic mass is 10.1. The Morgan fingerprint density at radius 2 is 2.11 bits per heavy atom. The number of hydrogen-bond acceptors (Lipinski definition) is 8. The first-order chi connectivity index (χ1) is 13.5. The molecule has 1 amide bonds. The second kappa shape index (κ2) is 8.44. The van der Waals surface area contributed by atoms with Gasteiger partial charge in [-0.1, -0.05) is 6.07 Å². The van der Waals surface area contributed by atoms with Crippen molar-refractivity contribution in [1.82, 2.24) is 9.97 Å². The Kier molecular flexibility index (Phi) is 5.80. The van der Waals surface area contributed by atoms with Gasteiger partial charge >= 0.3 is 0 Å². The third-order valence-corrected chi connectivity index (χ3v) is 4.43. The number of anilines is 1. The SMILES string of the molecule is CCOc1cc([N+](=O)[O-])c(C(=O)Nc2nc(-c3ccccn3)cs2)cc1OC. The lowest BCUT2D eigenvalue weighted by molar-refractivity contribution is -0.385. The molecule has 0 aliphatic rings. The van der Waals surface area contributed by atoms with Crippen molar-refractivity contribution in [2.24, 2.45) is 0 Å². The molecule has 9 nitrogen and oxygen atoms in total. The van der Waals surface area contributed by atoms with E-state index in [0.29, 0.717) is 23.1 Å². The average Bonchev–Trinajstić information content (AvgIpc) is 3.17. The fourth-order valence-electron chi connectivity index (χ4n) is 2.44. The normalized spacial score (nSPS) is 10.4. The zero-order chi connectivity index (χ0) is 20.1. The molecule has 0 atom stereocenters. The molecule has 28 heavy (non-hydrogen) atoms. The van der Waals surface area contributed by atoms with Crippen LogP contribution in [-0.4, -0.2) is 34.5 Å². The highest BCUT2D eigenvalue weighted by atomic mass is 32.1. The third kappa shape index (κ3) is 4.07. The molecule has 0 spiro atoms. The summed E-state index contributed by atoms with van der Waals surface area (Å²) < 4.78 is 10.5. The molecule has 0 saturated heterocycles. The summed E-state index contributed by atoms with van der Waals surface area (Å²) in [5, 5.41) is 16.1. The van der Waals surface area contributed by atoms with Gasteiger partial charge in [-0.2, -0.15) is 0 Å². The maximum atomic E-state index is 12.7. The molecule has 3 rings (SSSR count). The first-order valence-electron chi connectivity index (χ1n) is 8.21. The number of ether oxygens (including phenoxy) is 2. The Labute approximate surface area is 164 Å². The summed E-state index contributed by atoms with van der Waals surface area (Å²) in [7, 11) is 1.39. The van der Waals surface area contributed by atoms with Gasteiger partial charge in [0.2, 0.25) is 0 Å². The van der Waals surface area contributed by atoms with Crippen LogP contribution in [0.25, 0.3) is 11.4 Å². The number of nitrogens with one attached hydrogen (secondary N) is 1. The van der Waals surface area contributed by atoms with Gasteiger partial charge in [0, 0.05) is 17.6 Å². The molecular formula is C18H16N4O5S. The van der Waals surface area contributed by atoms with Crippen LogP contribution in [0.2, 0.25) is 0 Å². The molecule has 144 valence electrons. The van der Waals surface area contributed by atoms with Gasteiger partial charge in [0.15, 0.2) is 16.6 Å². The molecular weight excluding hydrogens is 384 g/mol. The number of methoxy groups -OCH3 is 1. The maximum Gasteiger partial charge on any atom is 0.286 e. The van der Waals surface area contributed by atoms with Crippen LogP contribution >= 0.6 is 11.3 Å². The molecule has 0 radical (unpaired) electrons. The number of amides is 1. The highest BCUT2D eigenvalue weighted by Gasteiger charge is 2.25. The predicted octanol–water partition coefficient (Wildman–Crippen LogP) is 3.77. The molecule has 0 aliphatic heterocycles. The summed E-state index contributed by atoms with van der Waals surface area (Å²) in [6, 6.07) is 7.87. The molecule has 0 aliphatic carbocycles. The van der Waals surface area contributed by atoms with E-state index in [4.69, 9.17) is 9.47 Å². The monoisotopic (exact) mass is 400 g/mol. The minimum atomic E-state index is -0.671. The van der Waals surface area contributed by atoms with Gasteiger partial charge in [-0.25, -0.2) is 4.98 Å². The summed E-state index contributed by atoms with van der Waals surface area (Å²) in [6.07, 6.45) is 1.64. The van der Waals surface area contributed by atoms with Crippen molar-refractivity contribution < 1.29 is 19.2 Å². The van der Waals surface area contributed by atoms with E-state index >= 15 is 0 Å². The first-order valence-corrected chi connectivity index (χ1v) is 9.09. The van der Waals surface area contributed by atoms with Crippen LogP contribution in [0.3, 0.4) is 0 Å². The van der Waals surface area contributed by atoms with E-state index in [1.54, 1.807) is 30.6 Å². The number of rotatable bonds is 7. The van der Waals surface area contributed by atoms with Gasteiger partial charge < -0.3 is 9.47 Å². The van der Waals surface area contributed by atoms with Crippen molar-refractivity contribution in [3.05, 3.63) is 57.6 Å². The van der Waals surface area contributed by atoms with Gasteiger partial charge in [-0.15, -0.1) is 11.3 Å². The lowest BCUT2D eigenvalue weighted by Gasteiger charge is -2.11. The summed E-state index contributed by atoms with van der Waals surface area (Å²) in [4.78, 5) is 32.0. The van der Waals surface area contributed by atoms with Crippen LogP contribution in [0.5, 0.6) is 11.5 Å². The van der Waals surface area contributed by atoms with Crippen molar-refractivity contribution >= 4 is 28.1 Å². The van der Waals surface area contributed by atoms with E-state index in [9.17, 15) is 14.9 Å². The summed E-state index contributed by atoms with van der Waals surface area (Å²) in [6.45, 7) is 2.04. The predicted molar refractivity (Wildman–Crippen MR) is 104 cm³/mol. The van der Waals surface area contributed by atoms with Crippen LogP contribution in [0.4, 0.5) is 10.8 Å². The molecule has 0 fully saturated rings. The number of nitro benzene ring substituents is 1. The number of nitro groups is 1. The number of pyridine rings is 1. The van der Waals surface area contributed by atoms with Crippen molar-refractivity contribution in [1.29, 1.82) is 0 Å². The Bertz CT molecular complexity index is 1010. The van der Waals surface area contributed by atoms with Crippen LogP contribution in [0.15, 0.2) is 41.9 Å². The number of nitrogens with zero attached hydrogens (tertiary/aromatic N) is 3. The minimum absolute atomic E-state index is 0.153. The van der Waals surface area contributed by atoms with E-state index in [2.05, 4.69) is 15.3 Å². The number of thiazole rings is 1. The Balaban J connectivity index is 1.90. The van der Waals surface area contributed by atoms with E-state index < -0.39 is 10.8 Å². The van der Waals surface area contributed by atoms with Gasteiger partial charge in [0.1, 0.15) is 11.3 Å². The number of benzene rings is 1. The molecule has 2 aromatic heterocycles.